The lowest BCUT2D eigenvalue weighted by Crippen LogP contribution is -2.14. The Hall–Kier alpha value is -3.58. The molecule has 0 spiro atoms. The van der Waals surface area contributed by atoms with E-state index in [-0.39, 0.29) is 5.91 Å². The number of halogens is 1. The number of ether oxygens (including phenoxy) is 1. The van der Waals surface area contributed by atoms with Crippen molar-refractivity contribution in [3.8, 4) is 17.0 Å². The molecular weight excluding hydrogens is 414 g/mol. The van der Waals surface area contributed by atoms with Crippen molar-refractivity contribution >= 4 is 23.2 Å². The van der Waals surface area contributed by atoms with Crippen LogP contribution in [0.2, 0.25) is 5.02 Å². The lowest BCUT2D eigenvalue weighted by molar-refractivity contribution is 0.102. The summed E-state index contributed by atoms with van der Waals surface area (Å²) in [5.41, 5.74) is 5.27. The first kappa shape index (κ1) is 20.7. The fourth-order valence-electron chi connectivity index (χ4n) is 3.36. The summed E-state index contributed by atoms with van der Waals surface area (Å²) in [5, 5.41) is 15.2. The molecule has 1 amide bonds. The molecule has 0 aliphatic carbocycles. The number of carbonyl (C=O) groups excluding carboxylic acids is 1. The highest BCUT2D eigenvalue weighted by molar-refractivity contribution is 6.30. The van der Waals surface area contributed by atoms with Crippen molar-refractivity contribution in [1.29, 1.82) is 0 Å². The van der Waals surface area contributed by atoms with Crippen molar-refractivity contribution in [1.82, 2.24) is 20.0 Å². The van der Waals surface area contributed by atoms with Gasteiger partial charge in [0, 0.05) is 10.6 Å². The average Bonchev–Trinajstić information content (AvgIpc) is 3.36. The number of carbonyl (C=O) groups is 1. The maximum atomic E-state index is 12.8. The van der Waals surface area contributed by atoms with E-state index in [1.807, 2.05) is 54.9 Å². The van der Waals surface area contributed by atoms with E-state index in [0.717, 1.165) is 28.3 Å². The van der Waals surface area contributed by atoms with Crippen molar-refractivity contribution in [2.75, 3.05) is 12.4 Å². The molecule has 8 heteroatoms. The number of aromatic amines is 1. The molecule has 4 aromatic rings. The number of hydrogen-bond donors (Lipinski definition) is 2. The predicted octanol–water partition coefficient (Wildman–Crippen LogP) is 4.85. The van der Waals surface area contributed by atoms with Crippen molar-refractivity contribution in [3.05, 3.63) is 82.3 Å². The third kappa shape index (κ3) is 4.46. The van der Waals surface area contributed by atoms with Crippen LogP contribution in [0.3, 0.4) is 0 Å². The van der Waals surface area contributed by atoms with E-state index in [1.54, 1.807) is 25.3 Å². The van der Waals surface area contributed by atoms with Gasteiger partial charge in [0.15, 0.2) is 0 Å². The SMILES string of the molecule is COc1cccc(Cn2nc(C)c(NC(=O)c3cc(-c4ccc(Cl)cc4)n[nH]3)c2C)c1. The Morgan fingerprint density at radius 2 is 1.94 bits per heavy atom. The molecule has 158 valence electrons. The molecule has 0 bridgehead atoms. The number of aromatic nitrogens is 4. The van der Waals surface area contributed by atoms with Crippen LogP contribution >= 0.6 is 11.6 Å². The minimum absolute atomic E-state index is 0.278. The normalized spacial score (nSPS) is 10.8. The van der Waals surface area contributed by atoms with Crippen molar-refractivity contribution < 1.29 is 9.53 Å². The first-order chi connectivity index (χ1) is 14.9. The van der Waals surface area contributed by atoms with Crippen LogP contribution in [0.4, 0.5) is 5.69 Å². The van der Waals surface area contributed by atoms with E-state index in [2.05, 4.69) is 20.6 Å². The van der Waals surface area contributed by atoms with E-state index < -0.39 is 0 Å². The number of benzene rings is 2. The van der Waals surface area contributed by atoms with Gasteiger partial charge in [-0.25, -0.2) is 0 Å². The Morgan fingerprint density at radius 1 is 1.16 bits per heavy atom. The zero-order valence-corrected chi connectivity index (χ0v) is 18.2. The van der Waals surface area contributed by atoms with E-state index in [1.165, 1.54) is 0 Å². The van der Waals surface area contributed by atoms with Crippen LogP contribution in [-0.2, 0) is 6.54 Å². The van der Waals surface area contributed by atoms with E-state index in [9.17, 15) is 4.79 Å². The van der Waals surface area contributed by atoms with Crippen LogP contribution < -0.4 is 10.1 Å². The highest BCUT2D eigenvalue weighted by Gasteiger charge is 2.17. The van der Waals surface area contributed by atoms with Crippen LogP contribution in [0.1, 0.15) is 27.4 Å². The Balaban J connectivity index is 1.52. The third-order valence-corrected chi connectivity index (χ3v) is 5.30. The zero-order valence-electron chi connectivity index (χ0n) is 17.4. The number of aryl methyl sites for hydroxylation is 1. The molecule has 0 saturated heterocycles. The number of anilines is 1. The van der Waals surface area contributed by atoms with Crippen LogP contribution in [0, 0.1) is 13.8 Å². The molecule has 0 unspecified atom stereocenters. The first-order valence-electron chi connectivity index (χ1n) is 9.74. The number of H-pyrrole nitrogens is 1. The number of rotatable bonds is 6. The number of methoxy groups -OCH3 is 1. The molecule has 2 N–H and O–H groups in total. The van der Waals surface area contributed by atoms with Gasteiger partial charge in [0.25, 0.3) is 5.91 Å². The smallest absolute Gasteiger partial charge is 0.273 e. The summed E-state index contributed by atoms with van der Waals surface area (Å²) in [5.74, 6) is 0.517. The van der Waals surface area contributed by atoms with Crippen LogP contribution in [0.5, 0.6) is 5.75 Å². The Kier molecular flexibility index (Phi) is 5.77. The fourth-order valence-corrected chi connectivity index (χ4v) is 3.49. The number of amides is 1. The van der Waals surface area contributed by atoms with Gasteiger partial charge in [-0.2, -0.15) is 10.2 Å². The molecule has 0 aliphatic rings. The molecule has 0 saturated carbocycles. The maximum absolute atomic E-state index is 12.8. The minimum atomic E-state index is -0.278. The number of nitrogens with zero attached hydrogens (tertiary/aromatic N) is 3. The first-order valence-corrected chi connectivity index (χ1v) is 10.1. The number of nitrogens with one attached hydrogen (secondary N) is 2. The molecule has 0 aliphatic heterocycles. The van der Waals surface area contributed by atoms with Gasteiger partial charge in [-0.1, -0.05) is 35.9 Å². The molecule has 0 fully saturated rings. The molecule has 2 aromatic carbocycles. The minimum Gasteiger partial charge on any atom is -0.497 e. The fraction of sp³-hybridized carbons (Fsp3) is 0.174. The quantitative estimate of drug-likeness (QED) is 0.453. The Morgan fingerprint density at radius 3 is 2.68 bits per heavy atom. The Labute approximate surface area is 185 Å². The highest BCUT2D eigenvalue weighted by Crippen LogP contribution is 2.24. The van der Waals surface area contributed by atoms with Gasteiger partial charge in [-0.05, 0) is 49.7 Å². The Bertz CT molecular complexity index is 1230. The topological polar surface area (TPSA) is 84.8 Å². The third-order valence-electron chi connectivity index (χ3n) is 5.05. The van der Waals surface area contributed by atoms with Crippen LogP contribution in [0.15, 0.2) is 54.6 Å². The summed E-state index contributed by atoms with van der Waals surface area (Å²) in [4.78, 5) is 12.8. The summed E-state index contributed by atoms with van der Waals surface area (Å²) < 4.78 is 7.16. The van der Waals surface area contributed by atoms with Crippen molar-refractivity contribution in [2.24, 2.45) is 0 Å². The summed E-state index contributed by atoms with van der Waals surface area (Å²) in [7, 11) is 1.64. The molecular formula is C23H22ClN5O2. The summed E-state index contributed by atoms with van der Waals surface area (Å²) in [6, 6.07) is 16.8. The second kappa shape index (κ2) is 8.65. The van der Waals surface area contributed by atoms with Gasteiger partial charge in [-0.3, -0.25) is 14.6 Å². The second-order valence-corrected chi connectivity index (χ2v) is 7.62. The van der Waals surface area contributed by atoms with Gasteiger partial charge in [0.1, 0.15) is 11.4 Å². The summed E-state index contributed by atoms with van der Waals surface area (Å²) >= 11 is 5.94. The molecule has 0 radical (unpaired) electrons. The largest absolute Gasteiger partial charge is 0.497 e. The molecule has 31 heavy (non-hydrogen) atoms. The second-order valence-electron chi connectivity index (χ2n) is 7.18. The van der Waals surface area contributed by atoms with Crippen LogP contribution in [0.25, 0.3) is 11.3 Å². The van der Waals surface area contributed by atoms with E-state index in [4.69, 9.17) is 16.3 Å². The maximum Gasteiger partial charge on any atom is 0.273 e. The van der Waals surface area contributed by atoms with Gasteiger partial charge in [0.05, 0.1) is 36.4 Å². The summed E-state index contributed by atoms with van der Waals surface area (Å²) in [6.07, 6.45) is 0. The highest BCUT2D eigenvalue weighted by atomic mass is 35.5. The molecule has 7 nitrogen and oxygen atoms in total. The van der Waals surface area contributed by atoms with Gasteiger partial charge in [0.2, 0.25) is 0 Å². The lowest BCUT2D eigenvalue weighted by atomic mass is 10.1. The zero-order chi connectivity index (χ0) is 22.0. The number of hydrogen-bond acceptors (Lipinski definition) is 4. The molecule has 0 atom stereocenters. The standard InChI is InChI=1S/C23H22ClN5O2/c1-14-22(15(2)29(28-14)13-16-5-4-6-19(11-16)31-3)25-23(30)21-12-20(26-27-21)17-7-9-18(24)10-8-17/h4-12H,13H2,1-3H3,(H,25,30)(H,26,27). The monoisotopic (exact) mass is 435 g/mol. The molecule has 2 aromatic heterocycles. The van der Waals surface area contributed by atoms with Crippen LogP contribution in [-0.4, -0.2) is 33.0 Å². The molecule has 2 heterocycles. The van der Waals surface area contributed by atoms with E-state index >= 15 is 0 Å². The summed E-state index contributed by atoms with van der Waals surface area (Å²) in [6.45, 7) is 4.38. The lowest BCUT2D eigenvalue weighted by Gasteiger charge is -2.08. The van der Waals surface area contributed by atoms with Crippen molar-refractivity contribution in [3.63, 3.8) is 0 Å². The van der Waals surface area contributed by atoms with Gasteiger partial charge in [-0.15, -0.1) is 0 Å². The molecule has 4 rings (SSSR count). The van der Waals surface area contributed by atoms with Gasteiger partial charge < -0.3 is 10.1 Å². The van der Waals surface area contributed by atoms with Gasteiger partial charge >= 0.3 is 0 Å². The van der Waals surface area contributed by atoms with E-state index in [0.29, 0.717) is 28.6 Å². The van der Waals surface area contributed by atoms with Crippen molar-refractivity contribution in [2.45, 2.75) is 20.4 Å². The predicted molar refractivity (Wildman–Crippen MR) is 121 cm³/mol. The average molecular weight is 436 g/mol.